The molecular formula is C21H25N3O2. The van der Waals surface area contributed by atoms with Gasteiger partial charge in [0.2, 0.25) is 5.91 Å². The van der Waals surface area contributed by atoms with E-state index in [2.05, 4.69) is 19.2 Å². The van der Waals surface area contributed by atoms with Gasteiger partial charge in [-0.3, -0.25) is 13.9 Å². The first-order chi connectivity index (χ1) is 12.5. The molecule has 0 aliphatic heterocycles. The second kappa shape index (κ2) is 7.60. The highest BCUT2D eigenvalue weighted by Gasteiger charge is 2.20. The van der Waals surface area contributed by atoms with Gasteiger partial charge in [-0.1, -0.05) is 56.3 Å². The van der Waals surface area contributed by atoms with Gasteiger partial charge in [0.1, 0.15) is 6.54 Å². The van der Waals surface area contributed by atoms with E-state index in [0.29, 0.717) is 6.54 Å². The Balaban J connectivity index is 1.87. The predicted molar refractivity (Wildman–Crippen MR) is 104 cm³/mol. The molecule has 5 nitrogen and oxygen atoms in total. The van der Waals surface area contributed by atoms with E-state index >= 15 is 0 Å². The third kappa shape index (κ3) is 3.43. The lowest BCUT2D eigenvalue weighted by Crippen LogP contribution is -2.36. The first kappa shape index (κ1) is 18.0. The van der Waals surface area contributed by atoms with Crippen molar-refractivity contribution in [1.29, 1.82) is 0 Å². The van der Waals surface area contributed by atoms with E-state index in [0.717, 1.165) is 16.6 Å². The number of benzene rings is 2. The number of nitrogens with one attached hydrogen (secondary N) is 1. The van der Waals surface area contributed by atoms with Gasteiger partial charge in [-0.15, -0.1) is 0 Å². The quantitative estimate of drug-likeness (QED) is 0.740. The van der Waals surface area contributed by atoms with Gasteiger partial charge >= 0.3 is 5.69 Å². The highest BCUT2D eigenvalue weighted by Crippen LogP contribution is 2.21. The van der Waals surface area contributed by atoms with E-state index in [1.54, 1.807) is 9.13 Å². The third-order valence-electron chi connectivity index (χ3n) is 4.68. The molecule has 0 radical (unpaired) electrons. The average molecular weight is 351 g/mol. The number of imidazole rings is 1. The van der Waals surface area contributed by atoms with Crippen LogP contribution in [0, 0.1) is 5.92 Å². The molecule has 1 N–H and O–H groups in total. The van der Waals surface area contributed by atoms with Crippen LogP contribution >= 0.6 is 0 Å². The summed E-state index contributed by atoms with van der Waals surface area (Å²) in [5, 5.41) is 3.09. The van der Waals surface area contributed by atoms with Crippen LogP contribution in [0.5, 0.6) is 0 Å². The van der Waals surface area contributed by atoms with E-state index in [1.165, 1.54) is 0 Å². The van der Waals surface area contributed by atoms with Crippen molar-refractivity contribution >= 4 is 16.9 Å². The first-order valence-corrected chi connectivity index (χ1v) is 9.05. The number of amides is 1. The van der Waals surface area contributed by atoms with Crippen LogP contribution < -0.4 is 11.0 Å². The van der Waals surface area contributed by atoms with Gasteiger partial charge in [-0.05, 0) is 30.5 Å². The highest BCUT2D eigenvalue weighted by atomic mass is 16.2. The number of fused-ring (bicyclic) bond motifs is 1. The number of nitrogens with zero attached hydrogens (tertiary/aromatic N) is 2. The van der Waals surface area contributed by atoms with Crippen LogP contribution in [-0.2, 0) is 17.9 Å². The van der Waals surface area contributed by atoms with Crippen LogP contribution in [0.4, 0.5) is 0 Å². The molecule has 1 aromatic heterocycles. The highest BCUT2D eigenvalue weighted by molar-refractivity contribution is 5.81. The maximum Gasteiger partial charge on any atom is 0.329 e. The van der Waals surface area contributed by atoms with E-state index in [4.69, 9.17) is 0 Å². The minimum atomic E-state index is -0.159. The third-order valence-corrected chi connectivity index (χ3v) is 4.68. The summed E-state index contributed by atoms with van der Waals surface area (Å²) < 4.78 is 3.25. The molecular weight excluding hydrogens is 326 g/mol. The number of aromatic nitrogens is 2. The normalized spacial score (nSPS) is 12.5. The van der Waals surface area contributed by atoms with Crippen molar-refractivity contribution in [3.05, 3.63) is 70.6 Å². The summed E-state index contributed by atoms with van der Waals surface area (Å²) in [6, 6.07) is 17.4. The van der Waals surface area contributed by atoms with Crippen LogP contribution in [0.3, 0.4) is 0 Å². The van der Waals surface area contributed by atoms with Gasteiger partial charge in [0.25, 0.3) is 0 Å². The molecule has 0 fully saturated rings. The molecule has 5 heteroatoms. The van der Waals surface area contributed by atoms with Crippen LogP contribution in [-0.4, -0.2) is 15.0 Å². The Morgan fingerprint density at radius 2 is 1.54 bits per heavy atom. The fourth-order valence-corrected chi connectivity index (χ4v) is 3.39. The Bertz CT molecular complexity index is 954. The van der Waals surface area contributed by atoms with Crippen molar-refractivity contribution in [2.75, 3.05) is 0 Å². The second-order valence-corrected chi connectivity index (χ2v) is 6.80. The number of aryl methyl sites for hydroxylation is 1. The van der Waals surface area contributed by atoms with Gasteiger partial charge < -0.3 is 5.32 Å². The SMILES string of the molecule is CCn1c(=O)n(CC(=O)NC(c2ccccc2)C(C)C)c2ccccc21. The van der Waals surface area contributed by atoms with Gasteiger partial charge in [-0.25, -0.2) is 4.79 Å². The van der Waals surface area contributed by atoms with Gasteiger partial charge in [0, 0.05) is 6.54 Å². The summed E-state index contributed by atoms with van der Waals surface area (Å²) in [6.45, 7) is 6.68. The zero-order valence-corrected chi connectivity index (χ0v) is 15.5. The number of carbonyl (C=O) groups is 1. The Labute approximate surface area is 153 Å². The van der Waals surface area contributed by atoms with Crippen molar-refractivity contribution in [1.82, 2.24) is 14.5 Å². The average Bonchev–Trinajstić information content (AvgIpc) is 2.91. The molecule has 1 heterocycles. The summed E-state index contributed by atoms with van der Waals surface area (Å²) in [7, 11) is 0. The van der Waals surface area contributed by atoms with E-state index in [1.807, 2.05) is 61.5 Å². The lowest BCUT2D eigenvalue weighted by atomic mass is 9.96. The molecule has 3 rings (SSSR count). The van der Waals surface area contributed by atoms with Gasteiger partial charge in [0.05, 0.1) is 17.1 Å². The van der Waals surface area contributed by atoms with Crippen molar-refractivity contribution in [2.45, 2.75) is 39.9 Å². The number of rotatable bonds is 6. The molecule has 26 heavy (non-hydrogen) atoms. The number of hydrogen-bond donors (Lipinski definition) is 1. The Kier molecular flexibility index (Phi) is 5.26. The topological polar surface area (TPSA) is 56.0 Å². The van der Waals surface area contributed by atoms with Crippen LogP contribution in [0.25, 0.3) is 11.0 Å². The second-order valence-electron chi connectivity index (χ2n) is 6.80. The predicted octanol–water partition coefficient (Wildman–Crippen LogP) is 3.34. The minimum absolute atomic E-state index is 0.0163. The van der Waals surface area contributed by atoms with Crippen molar-refractivity contribution in [3.8, 4) is 0 Å². The molecule has 0 saturated heterocycles. The van der Waals surface area contributed by atoms with Crippen LogP contribution in [0.15, 0.2) is 59.4 Å². The molecule has 1 unspecified atom stereocenters. The number of carbonyl (C=O) groups excluding carboxylic acids is 1. The number of para-hydroxylation sites is 2. The van der Waals surface area contributed by atoms with Gasteiger partial charge in [-0.2, -0.15) is 0 Å². The first-order valence-electron chi connectivity index (χ1n) is 9.05. The van der Waals surface area contributed by atoms with Crippen molar-refractivity contribution in [2.24, 2.45) is 5.92 Å². The maximum absolute atomic E-state index is 12.7. The molecule has 0 saturated carbocycles. The lowest BCUT2D eigenvalue weighted by molar-refractivity contribution is -0.122. The largest absolute Gasteiger partial charge is 0.347 e. The molecule has 136 valence electrons. The summed E-state index contributed by atoms with van der Waals surface area (Å²) in [5.74, 6) is 0.0868. The molecule has 0 bridgehead atoms. The van der Waals surface area contributed by atoms with E-state index in [9.17, 15) is 9.59 Å². The minimum Gasteiger partial charge on any atom is -0.347 e. The molecule has 0 spiro atoms. The standard InChI is InChI=1S/C21H25N3O2/c1-4-23-17-12-8-9-13-18(17)24(21(23)26)14-19(25)22-20(15(2)3)16-10-6-5-7-11-16/h5-13,15,20H,4,14H2,1-3H3,(H,22,25). The Morgan fingerprint density at radius 1 is 0.962 bits per heavy atom. The fraction of sp³-hybridized carbons (Fsp3) is 0.333. The summed E-state index contributed by atoms with van der Waals surface area (Å²) in [6.07, 6.45) is 0. The maximum atomic E-state index is 12.7. The Hall–Kier alpha value is -2.82. The summed E-state index contributed by atoms with van der Waals surface area (Å²) >= 11 is 0. The molecule has 2 aromatic carbocycles. The molecule has 0 aliphatic carbocycles. The van der Waals surface area contributed by atoms with E-state index < -0.39 is 0 Å². The van der Waals surface area contributed by atoms with E-state index in [-0.39, 0.29) is 30.1 Å². The van der Waals surface area contributed by atoms with Crippen LogP contribution in [0.1, 0.15) is 32.4 Å². The summed E-state index contributed by atoms with van der Waals surface area (Å²) in [4.78, 5) is 25.4. The molecule has 1 amide bonds. The number of hydrogen-bond acceptors (Lipinski definition) is 2. The summed E-state index contributed by atoms with van der Waals surface area (Å²) in [5.41, 5.74) is 2.57. The Morgan fingerprint density at radius 3 is 2.12 bits per heavy atom. The lowest BCUT2D eigenvalue weighted by Gasteiger charge is -2.23. The smallest absolute Gasteiger partial charge is 0.329 e. The van der Waals surface area contributed by atoms with Crippen molar-refractivity contribution < 1.29 is 4.79 Å². The fourth-order valence-electron chi connectivity index (χ4n) is 3.39. The molecule has 0 aliphatic rings. The zero-order valence-electron chi connectivity index (χ0n) is 15.5. The molecule has 3 aromatic rings. The van der Waals surface area contributed by atoms with Crippen LogP contribution in [0.2, 0.25) is 0 Å². The molecule has 1 atom stereocenters. The zero-order chi connectivity index (χ0) is 18.7. The monoisotopic (exact) mass is 351 g/mol. The van der Waals surface area contributed by atoms with Gasteiger partial charge in [0.15, 0.2) is 0 Å². The van der Waals surface area contributed by atoms with Crippen molar-refractivity contribution in [3.63, 3.8) is 0 Å².